The lowest BCUT2D eigenvalue weighted by Gasteiger charge is -2.34. The number of rotatable bonds is 8. The predicted octanol–water partition coefficient (Wildman–Crippen LogP) is 15.4. The molecule has 0 saturated heterocycles. The SMILES string of the molecule is CC1(c2ccccc2)N=C(C2=CCCCC2)N=C(c2cc(C3=CC(C4C=CCCC4)=CC(c4ccccc4)C3)c#cc2-c2ccc3c(c2)SC2Cc4c(n(-c5ccccc5)c5ccccc45)C=C32)N1. The molecule has 7 aromatic rings. The van der Waals surface area contributed by atoms with Crippen LogP contribution in [-0.2, 0) is 12.1 Å². The summed E-state index contributed by atoms with van der Waals surface area (Å²) in [7, 11) is 0. The van der Waals surface area contributed by atoms with Crippen molar-refractivity contribution < 1.29 is 0 Å². The predicted molar refractivity (Wildman–Crippen MR) is 288 cm³/mol. The summed E-state index contributed by atoms with van der Waals surface area (Å²) in [6.45, 7) is 2.20. The minimum absolute atomic E-state index is 0.271. The summed E-state index contributed by atoms with van der Waals surface area (Å²) < 4.78 is 2.46. The molecule has 4 nitrogen and oxygen atoms in total. The lowest BCUT2D eigenvalue weighted by Crippen LogP contribution is -2.46. The molecule has 0 spiro atoms. The molecule has 0 amide bonds. The maximum absolute atomic E-state index is 5.52. The summed E-state index contributed by atoms with van der Waals surface area (Å²) in [6.07, 6.45) is 24.5. The van der Waals surface area contributed by atoms with E-state index in [2.05, 4.69) is 205 Å². The van der Waals surface area contributed by atoms with E-state index in [0.717, 1.165) is 78.0 Å². The molecule has 6 aliphatic rings. The molecule has 5 heteroatoms. The summed E-state index contributed by atoms with van der Waals surface area (Å²) in [5.74, 6) is 2.34. The van der Waals surface area contributed by atoms with Crippen molar-refractivity contribution in [1.29, 1.82) is 0 Å². The minimum atomic E-state index is -0.732. The summed E-state index contributed by atoms with van der Waals surface area (Å²) >= 11 is 2.01. The molecular formula is C64H54N4S. The first-order valence-electron chi connectivity index (χ1n) is 25.1. The molecule has 0 saturated carbocycles. The molecule has 4 atom stereocenters. The van der Waals surface area contributed by atoms with Crippen LogP contribution in [0, 0.1) is 18.1 Å². The molecule has 336 valence electrons. The first-order chi connectivity index (χ1) is 34.0. The number of amidine groups is 2. The highest BCUT2D eigenvalue weighted by Gasteiger charge is 2.37. The number of hydrogen-bond acceptors (Lipinski definition) is 4. The van der Waals surface area contributed by atoms with Gasteiger partial charge in [-0.3, -0.25) is 0 Å². The number of fused-ring (bicyclic) bond motifs is 6. The maximum Gasteiger partial charge on any atom is 0.156 e. The van der Waals surface area contributed by atoms with Crippen LogP contribution < -0.4 is 5.32 Å². The number of benzene rings is 5. The van der Waals surface area contributed by atoms with Gasteiger partial charge < -0.3 is 9.88 Å². The van der Waals surface area contributed by atoms with Gasteiger partial charge in [0.15, 0.2) is 11.5 Å². The number of para-hydroxylation sites is 2. The molecule has 1 aromatic heterocycles. The normalized spacial score (nSPS) is 22.7. The van der Waals surface area contributed by atoms with Gasteiger partial charge in [-0.25, -0.2) is 9.98 Å². The number of nitrogens with zero attached hydrogens (tertiary/aromatic N) is 3. The minimum Gasteiger partial charge on any atom is -0.342 e. The quantitative estimate of drug-likeness (QED) is 0.154. The van der Waals surface area contributed by atoms with E-state index in [1.54, 1.807) is 0 Å². The second kappa shape index (κ2) is 17.4. The standard InChI is InChI=1S/C64H54N4S/c1-64(50-25-13-5-14-26-50)66-62(44-23-11-4-12-24-44)65-63(67-64)57-38-45(49-36-47(42-19-7-2-8-20-42)35-48(37-49)43-21-9-3-10-22-43)31-33-52(57)46-32-34-54-56-40-59-55(41-61(56)69-60(54)39-46)53-29-17-18-30-58(53)68(59)51-27-15-6-16-28-51/h2,5-9,13-21,23,25-30,32,34-35,37-40,43,47,61H,3-4,10-12,22,24,36,41H2,1H3,(H,65,66,67). The number of hydrogen-bond donors (Lipinski definition) is 1. The van der Waals surface area contributed by atoms with Crippen LogP contribution in [0.15, 0.2) is 196 Å². The molecule has 13 rings (SSSR count). The van der Waals surface area contributed by atoms with Gasteiger partial charge in [0.1, 0.15) is 5.84 Å². The van der Waals surface area contributed by atoms with E-state index in [0.29, 0.717) is 11.2 Å². The van der Waals surface area contributed by atoms with Crippen molar-refractivity contribution in [2.24, 2.45) is 15.9 Å². The van der Waals surface area contributed by atoms with E-state index in [1.165, 1.54) is 85.4 Å². The van der Waals surface area contributed by atoms with Crippen LogP contribution in [0.5, 0.6) is 0 Å². The highest BCUT2D eigenvalue weighted by molar-refractivity contribution is 8.01. The van der Waals surface area contributed by atoms with Crippen LogP contribution in [0.2, 0.25) is 0 Å². The van der Waals surface area contributed by atoms with Crippen LogP contribution in [0.3, 0.4) is 0 Å². The zero-order valence-electron chi connectivity index (χ0n) is 39.1. The number of thioether (sulfide) groups is 1. The Bertz CT molecular complexity index is 3380. The number of nitrogens with one attached hydrogen (secondary N) is 1. The molecule has 0 fully saturated rings. The van der Waals surface area contributed by atoms with Crippen molar-refractivity contribution in [3.8, 4) is 16.8 Å². The molecule has 69 heavy (non-hydrogen) atoms. The highest BCUT2D eigenvalue weighted by Crippen LogP contribution is 2.52. The molecule has 4 aliphatic carbocycles. The largest absolute Gasteiger partial charge is 0.342 e. The molecule has 2 aliphatic heterocycles. The lowest BCUT2D eigenvalue weighted by molar-refractivity contribution is 0.454. The van der Waals surface area contributed by atoms with Gasteiger partial charge in [0.05, 0.1) is 11.2 Å². The van der Waals surface area contributed by atoms with Gasteiger partial charge >= 0.3 is 0 Å². The second-order valence-electron chi connectivity index (χ2n) is 19.7. The van der Waals surface area contributed by atoms with Crippen molar-refractivity contribution in [3.63, 3.8) is 0 Å². The average molecular weight is 911 g/mol. The van der Waals surface area contributed by atoms with Gasteiger partial charge in [-0.1, -0.05) is 152 Å². The monoisotopic (exact) mass is 910 g/mol. The molecule has 6 aromatic carbocycles. The van der Waals surface area contributed by atoms with E-state index >= 15 is 0 Å². The Morgan fingerprint density at radius 3 is 2.36 bits per heavy atom. The Hall–Kier alpha value is -7.13. The Morgan fingerprint density at radius 2 is 1.55 bits per heavy atom. The van der Waals surface area contributed by atoms with E-state index in [9.17, 15) is 0 Å². The smallest absolute Gasteiger partial charge is 0.156 e. The van der Waals surface area contributed by atoms with Crippen molar-refractivity contribution in [3.05, 3.63) is 232 Å². The summed E-state index contributed by atoms with van der Waals surface area (Å²) in [5, 5.41) is 5.63. The van der Waals surface area contributed by atoms with Crippen LogP contribution in [-0.4, -0.2) is 21.5 Å². The van der Waals surface area contributed by atoms with E-state index < -0.39 is 5.66 Å². The topological polar surface area (TPSA) is 41.7 Å². The van der Waals surface area contributed by atoms with Crippen LogP contribution in [0.4, 0.5) is 0 Å². The van der Waals surface area contributed by atoms with E-state index in [-0.39, 0.29) is 5.92 Å². The van der Waals surface area contributed by atoms with Crippen LogP contribution >= 0.6 is 11.8 Å². The Balaban J connectivity index is 0.949. The molecular weight excluding hydrogens is 857 g/mol. The van der Waals surface area contributed by atoms with Crippen LogP contribution in [0.25, 0.3) is 44.9 Å². The number of aliphatic imine (C=N–C) groups is 2. The van der Waals surface area contributed by atoms with Crippen molar-refractivity contribution in [2.75, 3.05) is 0 Å². The fourth-order valence-electron chi connectivity index (χ4n) is 11.7. The van der Waals surface area contributed by atoms with Gasteiger partial charge in [0, 0.05) is 49.7 Å². The van der Waals surface area contributed by atoms with Gasteiger partial charge in [-0.05, 0) is 151 Å². The Morgan fingerprint density at radius 1 is 0.739 bits per heavy atom. The van der Waals surface area contributed by atoms with E-state index in [1.807, 2.05) is 11.8 Å². The lowest BCUT2D eigenvalue weighted by atomic mass is 9.77. The van der Waals surface area contributed by atoms with E-state index in [4.69, 9.17) is 9.98 Å². The first-order valence-corrected chi connectivity index (χ1v) is 26.0. The van der Waals surface area contributed by atoms with Crippen LogP contribution in [0.1, 0.15) is 103 Å². The molecule has 3 heterocycles. The zero-order valence-corrected chi connectivity index (χ0v) is 39.9. The second-order valence-corrected chi connectivity index (χ2v) is 21.0. The van der Waals surface area contributed by atoms with Gasteiger partial charge in [0.25, 0.3) is 0 Å². The summed E-state index contributed by atoms with van der Waals surface area (Å²) in [5.41, 5.74) is 17.8. The van der Waals surface area contributed by atoms with Crippen molar-refractivity contribution in [2.45, 2.75) is 86.4 Å². The number of aromatic nitrogens is 1. The van der Waals surface area contributed by atoms with Gasteiger partial charge in [-0.15, -0.1) is 11.8 Å². The molecule has 4 unspecified atom stereocenters. The fourth-order valence-corrected chi connectivity index (χ4v) is 13.1. The third-order valence-corrected chi connectivity index (χ3v) is 16.6. The Kier molecular flexibility index (Phi) is 10.6. The summed E-state index contributed by atoms with van der Waals surface area (Å²) in [6, 6.07) is 58.5. The first kappa shape index (κ1) is 42.0. The molecule has 0 radical (unpaired) electrons. The maximum atomic E-state index is 5.52. The van der Waals surface area contributed by atoms with Crippen molar-refractivity contribution in [1.82, 2.24) is 9.88 Å². The van der Waals surface area contributed by atoms with Gasteiger partial charge in [-0.2, -0.15) is 0 Å². The zero-order chi connectivity index (χ0) is 45.9. The third-order valence-electron chi connectivity index (χ3n) is 15.3. The fraction of sp³-hybridized carbons (Fsp3) is 0.219. The third kappa shape index (κ3) is 7.67. The molecule has 1 N–H and O–H groups in total. The molecule has 0 bridgehead atoms. The van der Waals surface area contributed by atoms with Gasteiger partial charge in [0.2, 0.25) is 0 Å². The summed E-state index contributed by atoms with van der Waals surface area (Å²) in [4.78, 5) is 12.3. The number of allylic oxidation sites excluding steroid dienone is 7. The highest BCUT2D eigenvalue weighted by atomic mass is 32.2. The Labute approximate surface area is 410 Å². The van der Waals surface area contributed by atoms with Crippen molar-refractivity contribution >= 4 is 51.6 Å². The average Bonchev–Trinajstić information content (AvgIpc) is 3.95.